The summed E-state index contributed by atoms with van der Waals surface area (Å²) in [4.78, 5) is 28.6. The minimum absolute atomic E-state index is 0.0582. The van der Waals surface area contributed by atoms with E-state index in [4.69, 9.17) is 23.2 Å². The summed E-state index contributed by atoms with van der Waals surface area (Å²) in [5.41, 5.74) is 2.05. The van der Waals surface area contributed by atoms with Gasteiger partial charge in [-0.15, -0.1) is 11.8 Å². The van der Waals surface area contributed by atoms with Gasteiger partial charge >= 0.3 is 0 Å². The van der Waals surface area contributed by atoms with Crippen molar-refractivity contribution in [2.75, 3.05) is 12.3 Å². The van der Waals surface area contributed by atoms with Crippen LogP contribution in [-0.2, 0) is 28.3 Å². The van der Waals surface area contributed by atoms with Crippen LogP contribution in [0.15, 0.2) is 72.8 Å². The molecule has 0 aromatic heterocycles. The first-order valence-corrected chi connectivity index (χ1v) is 14.2. The van der Waals surface area contributed by atoms with E-state index in [0.717, 1.165) is 24.0 Å². The Morgan fingerprint density at radius 2 is 1.68 bits per heavy atom. The van der Waals surface area contributed by atoms with Crippen molar-refractivity contribution in [3.05, 3.63) is 105 Å². The second-order valence-electron chi connectivity index (χ2n) is 8.66. The summed E-state index contributed by atoms with van der Waals surface area (Å²) in [5.74, 6) is -0.548. The van der Waals surface area contributed by atoms with Crippen molar-refractivity contribution in [2.24, 2.45) is 0 Å². The number of rotatable bonds is 13. The minimum atomic E-state index is -0.735. The van der Waals surface area contributed by atoms with Crippen LogP contribution in [0.25, 0.3) is 0 Å². The number of amides is 2. The monoisotopic (exact) mass is 560 g/mol. The van der Waals surface area contributed by atoms with E-state index in [1.54, 1.807) is 23.1 Å². The van der Waals surface area contributed by atoms with Crippen LogP contribution in [-0.4, -0.2) is 35.1 Å². The highest BCUT2D eigenvalue weighted by atomic mass is 35.5. The van der Waals surface area contributed by atoms with E-state index in [1.807, 2.05) is 48.5 Å². The maximum absolute atomic E-state index is 14.2. The first-order valence-electron chi connectivity index (χ1n) is 12.3. The topological polar surface area (TPSA) is 49.4 Å². The average Bonchev–Trinajstić information content (AvgIpc) is 2.89. The highest BCUT2D eigenvalue weighted by Gasteiger charge is 2.30. The molecule has 1 N–H and O–H groups in total. The van der Waals surface area contributed by atoms with Gasteiger partial charge in [-0.25, -0.2) is 4.39 Å². The van der Waals surface area contributed by atoms with Crippen LogP contribution in [0.4, 0.5) is 4.39 Å². The zero-order valence-corrected chi connectivity index (χ0v) is 23.1. The van der Waals surface area contributed by atoms with E-state index in [9.17, 15) is 14.0 Å². The van der Waals surface area contributed by atoms with Gasteiger partial charge in [0.1, 0.15) is 11.9 Å². The number of unbranched alkanes of at least 4 members (excludes halogenated alkanes) is 1. The number of hydrogen-bond donors (Lipinski definition) is 1. The molecule has 0 fully saturated rings. The van der Waals surface area contributed by atoms with Gasteiger partial charge in [0.2, 0.25) is 11.8 Å². The maximum atomic E-state index is 14.2. The predicted molar refractivity (Wildman–Crippen MR) is 151 cm³/mol. The zero-order chi connectivity index (χ0) is 26.6. The molecule has 37 heavy (non-hydrogen) atoms. The normalized spacial score (nSPS) is 11.7. The molecule has 3 aromatic rings. The molecule has 2 amide bonds. The average molecular weight is 562 g/mol. The molecule has 1 unspecified atom stereocenters. The minimum Gasteiger partial charge on any atom is -0.354 e. The standard InChI is InChI=1S/C29H31Cl2FN2O2S/c1-2-3-16-33-29(36)27(17-21-10-5-4-6-11-21)34(18-22-12-7-8-13-24(22)30)28(35)20-37-19-23-25(31)14-9-15-26(23)32/h4-15,27H,2-3,16-20H2,1H3,(H,33,36). The number of carbonyl (C=O) groups is 2. The van der Waals surface area contributed by atoms with Gasteiger partial charge in [0.15, 0.2) is 0 Å². The Morgan fingerprint density at radius 1 is 0.973 bits per heavy atom. The van der Waals surface area contributed by atoms with Crippen molar-refractivity contribution < 1.29 is 14.0 Å². The van der Waals surface area contributed by atoms with Gasteiger partial charge in [-0.3, -0.25) is 9.59 Å². The number of carbonyl (C=O) groups excluding carboxylic acids is 2. The highest BCUT2D eigenvalue weighted by molar-refractivity contribution is 7.99. The molecule has 0 aliphatic rings. The molecule has 0 heterocycles. The molecule has 4 nitrogen and oxygen atoms in total. The lowest BCUT2D eigenvalue weighted by atomic mass is 10.0. The van der Waals surface area contributed by atoms with Crippen molar-refractivity contribution in [1.82, 2.24) is 10.2 Å². The maximum Gasteiger partial charge on any atom is 0.243 e. The van der Waals surface area contributed by atoms with Gasteiger partial charge < -0.3 is 10.2 Å². The molecule has 3 rings (SSSR count). The van der Waals surface area contributed by atoms with Crippen LogP contribution in [0.3, 0.4) is 0 Å². The van der Waals surface area contributed by atoms with Crippen LogP contribution in [0.2, 0.25) is 10.0 Å². The van der Waals surface area contributed by atoms with E-state index >= 15 is 0 Å². The summed E-state index contributed by atoms with van der Waals surface area (Å²) in [6.45, 7) is 2.77. The summed E-state index contributed by atoms with van der Waals surface area (Å²) in [5, 5.41) is 3.85. The third kappa shape index (κ3) is 8.77. The summed E-state index contributed by atoms with van der Waals surface area (Å²) in [6, 6.07) is 20.7. The molecule has 0 saturated carbocycles. The highest BCUT2D eigenvalue weighted by Crippen LogP contribution is 2.25. The SMILES string of the molecule is CCCCNC(=O)C(Cc1ccccc1)N(Cc1ccccc1Cl)C(=O)CSCc1c(F)cccc1Cl. The smallest absolute Gasteiger partial charge is 0.243 e. The molecular weight excluding hydrogens is 530 g/mol. The lowest BCUT2D eigenvalue weighted by Gasteiger charge is -2.32. The van der Waals surface area contributed by atoms with Crippen molar-refractivity contribution in [2.45, 2.75) is 44.5 Å². The van der Waals surface area contributed by atoms with Crippen molar-refractivity contribution in [3.63, 3.8) is 0 Å². The third-order valence-corrected chi connectivity index (χ3v) is 7.60. The molecule has 0 radical (unpaired) electrons. The Hall–Kier alpha value is -2.54. The summed E-state index contributed by atoms with van der Waals surface area (Å²) in [7, 11) is 0. The van der Waals surface area contributed by atoms with E-state index in [0.29, 0.717) is 28.6 Å². The fraction of sp³-hybridized carbons (Fsp3) is 0.310. The number of nitrogens with one attached hydrogen (secondary N) is 1. The zero-order valence-electron chi connectivity index (χ0n) is 20.8. The molecule has 3 aromatic carbocycles. The first-order chi connectivity index (χ1) is 17.9. The number of nitrogens with zero attached hydrogens (tertiary/aromatic N) is 1. The Kier molecular flexibility index (Phi) is 11.8. The van der Waals surface area contributed by atoms with Crippen LogP contribution in [0, 0.1) is 5.82 Å². The summed E-state index contributed by atoms with van der Waals surface area (Å²) in [6.07, 6.45) is 2.15. The lowest BCUT2D eigenvalue weighted by molar-refractivity contribution is -0.139. The van der Waals surface area contributed by atoms with Crippen LogP contribution in [0.1, 0.15) is 36.5 Å². The molecule has 196 valence electrons. The van der Waals surface area contributed by atoms with Gasteiger partial charge in [-0.05, 0) is 35.7 Å². The Bertz CT molecular complexity index is 1160. The summed E-state index contributed by atoms with van der Waals surface area (Å²) < 4.78 is 14.2. The van der Waals surface area contributed by atoms with Crippen LogP contribution < -0.4 is 5.32 Å². The largest absolute Gasteiger partial charge is 0.354 e. The fourth-order valence-corrected chi connectivity index (χ4v) is 5.31. The van der Waals surface area contributed by atoms with E-state index < -0.39 is 11.9 Å². The van der Waals surface area contributed by atoms with Gasteiger partial charge in [-0.2, -0.15) is 0 Å². The van der Waals surface area contributed by atoms with Crippen molar-refractivity contribution in [1.29, 1.82) is 0 Å². The van der Waals surface area contributed by atoms with Gasteiger partial charge in [0, 0.05) is 40.9 Å². The second-order valence-corrected chi connectivity index (χ2v) is 10.5. The van der Waals surface area contributed by atoms with Crippen molar-refractivity contribution >= 4 is 46.8 Å². The predicted octanol–water partition coefficient (Wildman–Crippen LogP) is 6.92. The van der Waals surface area contributed by atoms with E-state index in [1.165, 1.54) is 17.8 Å². The molecular formula is C29H31Cl2FN2O2S. The molecule has 0 spiro atoms. The van der Waals surface area contributed by atoms with E-state index in [-0.39, 0.29) is 29.9 Å². The first kappa shape index (κ1) is 29.0. The fourth-order valence-electron chi connectivity index (χ4n) is 3.86. The summed E-state index contributed by atoms with van der Waals surface area (Å²) >= 11 is 13.9. The van der Waals surface area contributed by atoms with Gasteiger partial charge in [0.25, 0.3) is 0 Å². The van der Waals surface area contributed by atoms with Crippen LogP contribution in [0.5, 0.6) is 0 Å². The Balaban J connectivity index is 1.86. The molecule has 8 heteroatoms. The lowest BCUT2D eigenvalue weighted by Crippen LogP contribution is -2.51. The van der Waals surface area contributed by atoms with E-state index in [2.05, 4.69) is 12.2 Å². The number of thioether (sulfide) groups is 1. The Morgan fingerprint density at radius 3 is 2.38 bits per heavy atom. The number of halogens is 3. The molecule has 0 bridgehead atoms. The third-order valence-electron chi connectivity index (χ3n) is 5.93. The van der Waals surface area contributed by atoms with Gasteiger partial charge in [0.05, 0.1) is 5.75 Å². The number of benzene rings is 3. The van der Waals surface area contributed by atoms with Crippen LogP contribution >= 0.6 is 35.0 Å². The van der Waals surface area contributed by atoms with Crippen molar-refractivity contribution in [3.8, 4) is 0 Å². The Labute approximate surface area is 232 Å². The molecule has 1 atom stereocenters. The second kappa shape index (κ2) is 15.0. The molecule has 0 aliphatic heterocycles. The molecule has 0 aliphatic carbocycles. The quantitative estimate of drug-likeness (QED) is 0.231. The van der Waals surface area contributed by atoms with Gasteiger partial charge in [-0.1, -0.05) is 91.1 Å². The molecule has 0 saturated heterocycles. The number of hydrogen-bond acceptors (Lipinski definition) is 3.